The molecule has 1 aromatic carbocycles. The molecule has 0 spiro atoms. The number of hydrogen-bond acceptors (Lipinski definition) is 8. The lowest BCUT2D eigenvalue weighted by Crippen LogP contribution is -2.36. The maximum Gasteiger partial charge on any atom is 0.267 e. The molecule has 0 saturated carbocycles. The molecule has 2 heterocycles. The Balaban J connectivity index is 1.99. The normalized spacial score (nSPS) is 11.6. The van der Waals surface area contributed by atoms with Crippen LogP contribution in [0.2, 0.25) is 0 Å². The first-order valence-corrected chi connectivity index (χ1v) is 8.62. The standard InChI is InChI=1S/C17H19N9O3/c1-2-11(13(18)27)23-17-24-15(12(14(19)28)16(29)25-17)22-9-4-3-5-10(8-9)26-20-6-7-21-26/h3-8,11H,2H2,1H3,(H2,18,27)(H2,19,28)(H3,22,23,24,25,29). The molecule has 0 aliphatic carbocycles. The van der Waals surface area contributed by atoms with Gasteiger partial charge < -0.3 is 22.1 Å². The van der Waals surface area contributed by atoms with Crippen LogP contribution >= 0.6 is 0 Å². The topological polar surface area (TPSA) is 187 Å². The van der Waals surface area contributed by atoms with Crippen LogP contribution in [0.5, 0.6) is 0 Å². The highest BCUT2D eigenvalue weighted by Gasteiger charge is 2.20. The lowest BCUT2D eigenvalue weighted by molar-refractivity contribution is -0.118. The quantitative estimate of drug-likeness (QED) is 0.347. The number of anilines is 3. The van der Waals surface area contributed by atoms with Gasteiger partial charge in [0.15, 0.2) is 5.82 Å². The van der Waals surface area contributed by atoms with E-state index in [1.54, 1.807) is 31.2 Å². The molecule has 3 aromatic rings. The first-order chi connectivity index (χ1) is 13.9. The van der Waals surface area contributed by atoms with Gasteiger partial charge in [-0.1, -0.05) is 13.0 Å². The van der Waals surface area contributed by atoms with E-state index in [2.05, 4.69) is 30.8 Å². The van der Waals surface area contributed by atoms with E-state index in [1.807, 2.05) is 0 Å². The zero-order valence-electron chi connectivity index (χ0n) is 15.4. The number of hydrogen-bond donors (Lipinski definition) is 5. The molecule has 0 fully saturated rings. The number of H-pyrrole nitrogens is 1. The number of aromatic nitrogens is 5. The molecule has 1 unspecified atom stereocenters. The molecule has 1 atom stereocenters. The van der Waals surface area contributed by atoms with E-state index in [1.165, 1.54) is 17.2 Å². The molecule has 150 valence electrons. The number of carbonyl (C=O) groups is 2. The van der Waals surface area contributed by atoms with Gasteiger partial charge in [-0.15, -0.1) is 0 Å². The Morgan fingerprint density at radius 1 is 1.24 bits per heavy atom. The van der Waals surface area contributed by atoms with E-state index in [-0.39, 0.29) is 17.3 Å². The average molecular weight is 397 g/mol. The van der Waals surface area contributed by atoms with Crippen LogP contribution in [0.25, 0.3) is 5.69 Å². The van der Waals surface area contributed by atoms with Gasteiger partial charge in [0.05, 0.1) is 18.1 Å². The third-order valence-electron chi connectivity index (χ3n) is 3.99. The molecule has 12 heteroatoms. The van der Waals surface area contributed by atoms with E-state index < -0.39 is 23.4 Å². The summed E-state index contributed by atoms with van der Waals surface area (Å²) in [5.41, 5.74) is 10.7. The maximum absolute atomic E-state index is 12.4. The van der Waals surface area contributed by atoms with E-state index >= 15 is 0 Å². The first kappa shape index (κ1) is 19.5. The van der Waals surface area contributed by atoms with E-state index in [9.17, 15) is 14.4 Å². The summed E-state index contributed by atoms with van der Waals surface area (Å²) in [6, 6.07) is 6.15. The van der Waals surface area contributed by atoms with Crippen molar-refractivity contribution in [2.45, 2.75) is 19.4 Å². The summed E-state index contributed by atoms with van der Waals surface area (Å²) in [6.45, 7) is 1.74. The molecule has 29 heavy (non-hydrogen) atoms. The number of aromatic amines is 1. The summed E-state index contributed by atoms with van der Waals surface area (Å²) in [4.78, 5) is 43.6. The molecule has 2 amide bonds. The number of primary amides is 2. The van der Waals surface area contributed by atoms with Crippen molar-refractivity contribution in [2.24, 2.45) is 11.5 Å². The second kappa shape index (κ2) is 8.21. The molecule has 0 bridgehead atoms. The maximum atomic E-state index is 12.4. The Kier molecular flexibility index (Phi) is 5.53. The number of amides is 2. The molecule has 0 radical (unpaired) electrons. The zero-order valence-corrected chi connectivity index (χ0v) is 15.4. The van der Waals surface area contributed by atoms with Crippen LogP contribution in [-0.4, -0.2) is 42.8 Å². The molecule has 3 rings (SSSR count). The number of nitrogens with zero attached hydrogens (tertiary/aromatic N) is 4. The predicted octanol–water partition coefficient (Wildman–Crippen LogP) is -0.131. The van der Waals surface area contributed by atoms with Crippen molar-refractivity contribution in [3.63, 3.8) is 0 Å². The molecular formula is C17H19N9O3. The minimum absolute atomic E-state index is 0.0296. The van der Waals surface area contributed by atoms with E-state index in [4.69, 9.17) is 11.5 Å². The SMILES string of the molecule is CCC(Nc1nc(Nc2cccc(-n3nccn3)c2)c(C(N)=O)c(=O)[nH]1)C(N)=O. The van der Waals surface area contributed by atoms with Crippen molar-refractivity contribution in [3.8, 4) is 5.69 Å². The van der Waals surface area contributed by atoms with E-state index in [0.717, 1.165) is 0 Å². The lowest BCUT2D eigenvalue weighted by atomic mass is 10.2. The van der Waals surface area contributed by atoms with Crippen LogP contribution in [0.1, 0.15) is 23.7 Å². The number of nitrogens with one attached hydrogen (secondary N) is 3. The van der Waals surface area contributed by atoms with Gasteiger partial charge in [0, 0.05) is 5.69 Å². The summed E-state index contributed by atoms with van der Waals surface area (Å²) >= 11 is 0. The fraction of sp³-hybridized carbons (Fsp3) is 0.176. The third-order valence-corrected chi connectivity index (χ3v) is 3.99. The number of rotatable bonds is 8. The highest BCUT2D eigenvalue weighted by molar-refractivity contribution is 5.98. The number of carbonyl (C=O) groups excluding carboxylic acids is 2. The Labute approximate surface area is 164 Å². The van der Waals surface area contributed by atoms with Gasteiger partial charge in [-0.3, -0.25) is 19.4 Å². The van der Waals surface area contributed by atoms with Gasteiger partial charge >= 0.3 is 0 Å². The van der Waals surface area contributed by atoms with Gasteiger partial charge in [-0.05, 0) is 24.6 Å². The van der Waals surface area contributed by atoms with Crippen molar-refractivity contribution >= 4 is 29.3 Å². The van der Waals surface area contributed by atoms with Gasteiger partial charge in [-0.2, -0.15) is 20.0 Å². The summed E-state index contributed by atoms with van der Waals surface area (Å²) in [6.07, 6.45) is 3.44. The fourth-order valence-corrected chi connectivity index (χ4v) is 2.59. The smallest absolute Gasteiger partial charge is 0.267 e. The zero-order chi connectivity index (χ0) is 21.0. The van der Waals surface area contributed by atoms with Crippen molar-refractivity contribution in [1.29, 1.82) is 0 Å². The Morgan fingerprint density at radius 3 is 2.59 bits per heavy atom. The number of nitrogens with two attached hydrogens (primary N) is 2. The first-order valence-electron chi connectivity index (χ1n) is 8.62. The monoisotopic (exact) mass is 397 g/mol. The van der Waals surface area contributed by atoms with E-state index in [0.29, 0.717) is 17.8 Å². The fourth-order valence-electron chi connectivity index (χ4n) is 2.59. The van der Waals surface area contributed by atoms with Gasteiger partial charge in [0.25, 0.3) is 11.5 Å². The van der Waals surface area contributed by atoms with Crippen LogP contribution in [-0.2, 0) is 4.79 Å². The average Bonchev–Trinajstić information content (AvgIpc) is 3.20. The van der Waals surface area contributed by atoms with Crippen LogP contribution in [0, 0.1) is 0 Å². The lowest BCUT2D eigenvalue weighted by Gasteiger charge is -2.16. The van der Waals surface area contributed by atoms with Gasteiger partial charge in [0.1, 0.15) is 11.6 Å². The predicted molar refractivity (Wildman–Crippen MR) is 105 cm³/mol. The second-order valence-corrected chi connectivity index (χ2v) is 6.00. The van der Waals surface area contributed by atoms with Crippen LogP contribution in [0.3, 0.4) is 0 Å². The van der Waals surface area contributed by atoms with Crippen LogP contribution in [0.15, 0.2) is 41.5 Å². The Bertz CT molecular complexity index is 1090. The summed E-state index contributed by atoms with van der Waals surface area (Å²) in [5, 5.41) is 13.7. The van der Waals surface area contributed by atoms with Crippen molar-refractivity contribution in [2.75, 3.05) is 10.6 Å². The molecule has 7 N–H and O–H groups in total. The molecule has 2 aromatic heterocycles. The van der Waals surface area contributed by atoms with Crippen molar-refractivity contribution in [1.82, 2.24) is 25.0 Å². The molecule has 0 aliphatic heterocycles. The van der Waals surface area contributed by atoms with Gasteiger partial charge in [-0.25, -0.2) is 0 Å². The summed E-state index contributed by atoms with van der Waals surface area (Å²) < 4.78 is 0. The number of benzene rings is 1. The Hall–Kier alpha value is -4.22. The van der Waals surface area contributed by atoms with Gasteiger partial charge in [0.2, 0.25) is 11.9 Å². The van der Waals surface area contributed by atoms with Crippen molar-refractivity contribution < 1.29 is 9.59 Å². The Morgan fingerprint density at radius 2 is 1.97 bits per heavy atom. The minimum Gasteiger partial charge on any atom is -0.368 e. The second-order valence-electron chi connectivity index (χ2n) is 6.00. The summed E-state index contributed by atoms with van der Waals surface area (Å²) in [5.74, 6) is -1.67. The van der Waals surface area contributed by atoms with Crippen LogP contribution in [0.4, 0.5) is 17.5 Å². The molecular weight excluding hydrogens is 378 g/mol. The highest BCUT2D eigenvalue weighted by Crippen LogP contribution is 2.20. The highest BCUT2D eigenvalue weighted by atomic mass is 16.2. The van der Waals surface area contributed by atoms with Crippen LogP contribution < -0.4 is 27.7 Å². The third kappa shape index (κ3) is 4.37. The van der Waals surface area contributed by atoms with Crippen molar-refractivity contribution in [3.05, 3.63) is 52.6 Å². The largest absolute Gasteiger partial charge is 0.368 e. The molecule has 0 aliphatic rings. The minimum atomic E-state index is -0.959. The summed E-state index contributed by atoms with van der Waals surface area (Å²) in [7, 11) is 0. The molecule has 12 nitrogen and oxygen atoms in total. The molecule has 0 saturated heterocycles.